The van der Waals surface area contributed by atoms with Crippen LogP contribution in [0.5, 0.6) is 0 Å². The van der Waals surface area contributed by atoms with E-state index >= 15 is 0 Å². The van der Waals surface area contributed by atoms with E-state index < -0.39 is 0 Å². The number of pyridine rings is 1. The first-order valence-electron chi connectivity index (χ1n) is 13.7. The smallest absolute Gasteiger partial charge is 0.147 e. The molecular formula is C27H37N9. The van der Waals surface area contributed by atoms with Crippen molar-refractivity contribution in [2.75, 3.05) is 42.5 Å². The minimum atomic E-state index is -0.0201. The second kappa shape index (κ2) is 10.5. The lowest BCUT2D eigenvalue weighted by atomic mass is 9.85. The van der Waals surface area contributed by atoms with Crippen molar-refractivity contribution in [3.8, 4) is 11.4 Å². The zero-order valence-electron chi connectivity index (χ0n) is 21.3. The molecule has 3 aromatic heterocycles. The zero-order chi connectivity index (χ0) is 24.3. The van der Waals surface area contributed by atoms with E-state index in [0.717, 1.165) is 55.0 Å². The summed E-state index contributed by atoms with van der Waals surface area (Å²) in [5.74, 6) is 1.82. The Morgan fingerprint density at radius 2 is 1.81 bits per heavy atom. The zero-order valence-corrected chi connectivity index (χ0v) is 21.3. The van der Waals surface area contributed by atoms with Gasteiger partial charge in [-0.15, -0.1) is 5.10 Å². The minimum absolute atomic E-state index is 0.0201. The maximum Gasteiger partial charge on any atom is 0.147 e. The van der Waals surface area contributed by atoms with Gasteiger partial charge in [-0.3, -0.25) is 9.97 Å². The van der Waals surface area contributed by atoms with Gasteiger partial charge in [0.05, 0.1) is 42.2 Å². The highest BCUT2D eigenvalue weighted by molar-refractivity contribution is 5.54. The first kappa shape index (κ1) is 23.3. The molecule has 3 aromatic rings. The predicted molar refractivity (Wildman–Crippen MR) is 141 cm³/mol. The molecule has 3 aliphatic rings. The first-order valence-corrected chi connectivity index (χ1v) is 13.7. The van der Waals surface area contributed by atoms with Gasteiger partial charge in [-0.1, -0.05) is 11.6 Å². The molecule has 190 valence electrons. The van der Waals surface area contributed by atoms with Crippen LogP contribution in [-0.4, -0.2) is 68.7 Å². The monoisotopic (exact) mass is 487 g/mol. The highest BCUT2D eigenvalue weighted by Crippen LogP contribution is 2.27. The largest absolute Gasteiger partial charge is 0.369 e. The molecule has 9 nitrogen and oxygen atoms in total. The topological polar surface area (TPSA) is 87.9 Å². The van der Waals surface area contributed by atoms with Crippen LogP contribution in [0, 0.1) is 5.92 Å². The van der Waals surface area contributed by atoms with Gasteiger partial charge in [0.2, 0.25) is 0 Å². The summed E-state index contributed by atoms with van der Waals surface area (Å²) in [6.45, 7) is 7.53. The molecule has 1 saturated carbocycles. The normalized spacial score (nSPS) is 21.5. The van der Waals surface area contributed by atoms with E-state index in [1.807, 2.05) is 23.3 Å². The van der Waals surface area contributed by atoms with Crippen LogP contribution in [0.3, 0.4) is 0 Å². The van der Waals surface area contributed by atoms with Crippen LogP contribution in [0.2, 0.25) is 0 Å². The van der Waals surface area contributed by atoms with Crippen molar-refractivity contribution in [2.45, 2.75) is 64.0 Å². The highest BCUT2D eigenvalue weighted by atomic mass is 15.4. The van der Waals surface area contributed by atoms with Crippen LogP contribution >= 0.6 is 0 Å². The second-order valence-electron chi connectivity index (χ2n) is 10.6. The van der Waals surface area contributed by atoms with Crippen molar-refractivity contribution >= 4 is 11.5 Å². The SMILES string of the molecule is CC(c1ccc(N2CCCC(NCC3CCC3)C2)cn1)n1cc(-c2cncc(N3CCCC3)n2)nn1. The number of nitrogens with zero attached hydrogens (tertiary/aromatic N) is 8. The third kappa shape index (κ3) is 5.07. The number of piperidine rings is 1. The summed E-state index contributed by atoms with van der Waals surface area (Å²) in [6, 6.07) is 4.89. The molecule has 36 heavy (non-hydrogen) atoms. The average molecular weight is 488 g/mol. The van der Waals surface area contributed by atoms with Crippen LogP contribution in [0.25, 0.3) is 11.4 Å². The Labute approximate surface area is 213 Å². The molecule has 6 rings (SSSR count). The minimum Gasteiger partial charge on any atom is -0.369 e. The molecule has 3 fully saturated rings. The Balaban J connectivity index is 1.09. The summed E-state index contributed by atoms with van der Waals surface area (Å²) >= 11 is 0. The Morgan fingerprint density at radius 3 is 2.58 bits per heavy atom. The number of rotatable bonds is 8. The summed E-state index contributed by atoms with van der Waals surface area (Å²) in [5, 5.41) is 12.6. The van der Waals surface area contributed by atoms with E-state index in [1.165, 1.54) is 57.2 Å². The molecule has 9 heteroatoms. The summed E-state index contributed by atoms with van der Waals surface area (Å²) in [4.78, 5) is 18.8. The van der Waals surface area contributed by atoms with E-state index in [9.17, 15) is 0 Å². The Morgan fingerprint density at radius 1 is 0.944 bits per heavy atom. The first-order chi connectivity index (χ1) is 17.7. The van der Waals surface area contributed by atoms with E-state index in [2.05, 4.69) is 49.5 Å². The highest BCUT2D eigenvalue weighted by Gasteiger charge is 2.24. The van der Waals surface area contributed by atoms with Gasteiger partial charge < -0.3 is 15.1 Å². The molecule has 0 radical (unpaired) electrons. The van der Waals surface area contributed by atoms with E-state index in [4.69, 9.17) is 9.97 Å². The molecule has 0 spiro atoms. The van der Waals surface area contributed by atoms with Gasteiger partial charge in [-0.05, 0) is 70.0 Å². The molecule has 2 atom stereocenters. The maximum atomic E-state index is 4.81. The molecule has 2 unspecified atom stereocenters. The summed E-state index contributed by atoms with van der Waals surface area (Å²) in [7, 11) is 0. The lowest BCUT2D eigenvalue weighted by Gasteiger charge is -2.36. The van der Waals surface area contributed by atoms with Crippen molar-refractivity contribution in [1.29, 1.82) is 0 Å². The van der Waals surface area contributed by atoms with Gasteiger partial charge in [-0.25, -0.2) is 9.67 Å². The second-order valence-corrected chi connectivity index (χ2v) is 10.6. The fourth-order valence-corrected chi connectivity index (χ4v) is 5.54. The number of hydrogen-bond acceptors (Lipinski definition) is 8. The summed E-state index contributed by atoms with van der Waals surface area (Å²) in [5.41, 5.74) is 3.67. The van der Waals surface area contributed by atoms with Crippen LogP contribution in [0.15, 0.2) is 36.9 Å². The van der Waals surface area contributed by atoms with Gasteiger partial charge >= 0.3 is 0 Å². The Kier molecular flexibility index (Phi) is 6.81. The van der Waals surface area contributed by atoms with Gasteiger partial charge in [0, 0.05) is 32.2 Å². The van der Waals surface area contributed by atoms with E-state index in [0.29, 0.717) is 6.04 Å². The lowest BCUT2D eigenvalue weighted by molar-refractivity contribution is 0.280. The molecule has 2 saturated heterocycles. The molecule has 0 amide bonds. The quantitative estimate of drug-likeness (QED) is 0.515. The van der Waals surface area contributed by atoms with Crippen molar-refractivity contribution in [3.05, 3.63) is 42.6 Å². The molecule has 0 aromatic carbocycles. The number of anilines is 2. The fraction of sp³-hybridized carbons (Fsp3) is 0.593. The molecular weight excluding hydrogens is 450 g/mol. The van der Waals surface area contributed by atoms with Crippen LogP contribution in [0.1, 0.15) is 63.6 Å². The summed E-state index contributed by atoms with van der Waals surface area (Å²) in [6.07, 6.45) is 16.7. The fourth-order valence-electron chi connectivity index (χ4n) is 5.54. The lowest BCUT2D eigenvalue weighted by Crippen LogP contribution is -2.47. The standard InChI is InChI=1S/C27H37N9/c1-20(36-19-26(32-33-36)25-16-28-17-27(31-25)34-11-2-3-12-34)24-10-9-23(15-30-24)35-13-5-8-22(18-35)29-14-21-6-4-7-21/h9-10,15-17,19-22,29H,2-8,11-14,18H2,1H3. The van der Waals surface area contributed by atoms with Crippen molar-refractivity contribution < 1.29 is 0 Å². The van der Waals surface area contributed by atoms with E-state index in [1.54, 1.807) is 6.20 Å². The number of nitrogens with one attached hydrogen (secondary N) is 1. The summed E-state index contributed by atoms with van der Waals surface area (Å²) < 4.78 is 1.86. The third-order valence-electron chi connectivity index (χ3n) is 8.13. The maximum absolute atomic E-state index is 4.81. The van der Waals surface area contributed by atoms with Gasteiger partial charge in [0.1, 0.15) is 17.2 Å². The van der Waals surface area contributed by atoms with Gasteiger partial charge in [0.25, 0.3) is 0 Å². The van der Waals surface area contributed by atoms with E-state index in [-0.39, 0.29) is 6.04 Å². The van der Waals surface area contributed by atoms with Crippen LogP contribution in [-0.2, 0) is 0 Å². The predicted octanol–water partition coefficient (Wildman–Crippen LogP) is 3.70. The van der Waals surface area contributed by atoms with Crippen LogP contribution < -0.4 is 15.1 Å². The van der Waals surface area contributed by atoms with Gasteiger partial charge in [-0.2, -0.15) is 0 Å². The molecule has 1 N–H and O–H groups in total. The van der Waals surface area contributed by atoms with Crippen molar-refractivity contribution in [1.82, 2.24) is 35.3 Å². The van der Waals surface area contributed by atoms with Crippen LogP contribution in [0.4, 0.5) is 11.5 Å². The number of aromatic nitrogens is 6. The molecule has 5 heterocycles. The van der Waals surface area contributed by atoms with Crippen molar-refractivity contribution in [3.63, 3.8) is 0 Å². The average Bonchev–Trinajstić information content (AvgIpc) is 3.61. The third-order valence-corrected chi connectivity index (χ3v) is 8.13. The Hall–Kier alpha value is -3.07. The van der Waals surface area contributed by atoms with Crippen molar-refractivity contribution in [2.24, 2.45) is 5.92 Å². The number of hydrogen-bond donors (Lipinski definition) is 1. The molecule has 2 aliphatic heterocycles. The molecule has 0 bridgehead atoms. The van der Waals surface area contributed by atoms with Gasteiger partial charge in [0.15, 0.2) is 0 Å². The molecule has 1 aliphatic carbocycles. The Bertz CT molecular complexity index is 1130.